The minimum Gasteiger partial charge on any atom is -0.355 e. The van der Waals surface area contributed by atoms with Crippen LogP contribution in [0.25, 0.3) is 0 Å². The summed E-state index contributed by atoms with van der Waals surface area (Å²) in [4.78, 5) is 21.9. The van der Waals surface area contributed by atoms with Crippen molar-refractivity contribution in [2.45, 2.75) is 19.0 Å². The number of nitrogens with one attached hydrogen (secondary N) is 1. The molecular weight excluding hydrogens is 272 g/mol. The van der Waals surface area contributed by atoms with E-state index in [1.54, 1.807) is 6.07 Å². The Morgan fingerprint density at radius 1 is 1.50 bits per heavy atom. The highest BCUT2D eigenvalue weighted by Crippen LogP contribution is 2.20. The predicted molar refractivity (Wildman–Crippen MR) is 75.4 cm³/mol. The van der Waals surface area contributed by atoms with Crippen LogP contribution in [-0.2, 0) is 4.79 Å². The van der Waals surface area contributed by atoms with Crippen LogP contribution >= 0.6 is 23.4 Å². The van der Waals surface area contributed by atoms with Crippen LogP contribution in [0, 0.1) is 0 Å². The normalized spacial score (nSPS) is 10.2. The largest absolute Gasteiger partial charge is 0.355 e. The number of anilines is 1. The van der Waals surface area contributed by atoms with E-state index in [1.165, 1.54) is 11.8 Å². The summed E-state index contributed by atoms with van der Waals surface area (Å²) in [6.07, 6.45) is 1.88. The van der Waals surface area contributed by atoms with Gasteiger partial charge in [0.2, 0.25) is 5.91 Å². The van der Waals surface area contributed by atoms with Crippen molar-refractivity contribution in [3.05, 3.63) is 11.2 Å². The summed E-state index contributed by atoms with van der Waals surface area (Å²) in [5, 5.41) is 3.75. The van der Waals surface area contributed by atoms with Gasteiger partial charge in [0, 0.05) is 19.2 Å². The monoisotopic (exact) mass is 288 g/mol. The number of halogens is 1. The quantitative estimate of drug-likeness (QED) is 0.491. The van der Waals surface area contributed by atoms with E-state index >= 15 is 0 Å². The average Bonchev–Trinajstić information content (AvgIpc) is 2.35. The number of carbonyl (C=O) groups excluding carboxylic acids is 1. The van der Waals surface area contributed by atoms with Gasteiger partial charge >= 0.3 is 0 Å². The Kier molecular flexibility index (Phi) is 6.21. The summed E-state index contributed by atoms with van der Waals surface area (Å²) in [5.41, 5.74) is 0. The Bertz CT molecular complexity index is 416. The fourth-order valence-corrected chi connectivity index (χ4v) is 2.02. The zero-order valence-electron chi connectivity index (χ0n) is 10.7. The maximum Gasteiger partial charge on any atom is 0.239 e. The minimum atomic E-state index is -0.0280. The first-order valence-electron chi connectivity index (χ1n) is 5.70. The molecule has 0 saturated carbocycles. The lowest BCUT2D eigenvalue weighted by Crippen LogP contribution is -2.37. The topological polar surface area (TPSA) is 58.1 Å². The molecule has 0 aliphatic heterocycles. The second-order valence-electron chi connectivity index (χ2n) is 3.50. The summed E-state index contributed by atoms with van der Waals surface area (Å²) in [6.45, 7) is 5.43. The van der Waals surface area contributed by atoms with E-state index in [0.717, 1.165) is 0 Å². The van der Waals surface area contributed by atoms with Crippen molar-refractivity contribution >= 4 is 35.1 Å². The molecule has 0 aliphatic carbocycles. The summed E-state index contributed by atoms with van der Waals surface area (Å²) in [6, 6.07) is 1.67. The molecule has 0 radical (unpaired) electrons. The Balaban J connectivity index is 2.87. The Hall–Kier alpha value is -1.01. The molecule has 1 amide bonds. The number of thioether (sulfide) groups is 1. The molecule has 1 aromatic rings. The molecule has 0 spiro atoms. The van der Waals surface area contributed by atoms with Gasteiger partial charge in [0.1, 0.15) is 11.0 Å². The molecule has 1 heterocycles. The molecule has 0 aliphatic rings. The molecule has 0 fully saturated rings. The Labute approximate surface area is 116 Å². The van der Waals surface area contributed by atoms with Crippen LogP contribution in [0.4, 0.5) is 5.82 Å². The molecule has 0 saturated heterocycles. The highest BCUT2D eigenvalue weighted by atomic mass is 35.5. The van der Waals surface area contributed by atoms with Crippen LogP contribution in [0.2, 0.25) is 5.15 Å². The van der Waals surface area contributed by atoms with Crippen LogP contribution in [-0.4, -0.2) is 41.8 Å². The lowest BCUT2D eigenvalue weighted by Gasteiger charge is -2.21. The molecule has 1 aromatic heterocycles. The van der Waals surface area contributed by atoms with E-state index in [1.807, 2.05) is 25.0 Å². The number of nitrogens with zero attached hydrogens (tertiary/aromatic N) is 3. The van der Waals surface area contributed by atoms with Crippen molar-refractivity contribution in [3.63, 3.8) is 0 Å². The molecule has 0 unspecified atom stereocenters. The number of likely N-dealkylation sites (N-methyl/N-ethyl adjacent to an activating group) is 2. The maximum atomic E-state index is 11.6. The number of carbonyl (C=O) groups is 1. The van der Waals surface area contributed by atoms with Crippen LogP contribution in [0.3, 0.4) is 0 Å². The van der Waals surface area contributed by atoms with Crippen LogP contribution in [0.5, 0.6) is 0 Å². The van der Waals surface area contributed by atoms with Crippen molar-refractivity contribution in [2.24, 2.45) is 0 Å². The third-order valence-corrected chi connectivity index (χ3v) is 3.00. The van der Waals surface area contributed by atoms with Crippen molar-refractivity contribution in [1.29, 1.82) is 0 Å². The van der Waals surface area contributed by atoms with Crippen molar-refractivity contribution in [3.8, 4) is 0 Å². The predicted octanol–water partition coefficient (Wildman–Crippen LogP) is 1.81. The van der Waals surface area contributed by atoms with Gasteiger partial charge in [-0.1, -0.05) is 23.4 Å². The number of hydrogen-bond donors (Lipinski definition) is 1. The number of rotatable bonds is 6. The van der Waals surface area contributed by atoms with Gasteiger partial charge in [-0.15, -0.1) is 0 Å². The first-order valence-corrected chi connectivity index (χ1v) is 7.31. The highest BCUT2D eigenvalue weighted by Gasteiger charge is 2.12. The third kappa shape index (κ3) is 4.34. The highest BCUT2D eigenvalue weighted by molar-refractivity contribution is 7.98. The standard InChI is InChI=1S/C11H17ClN4OS/c1-4-13-10(17)7-16(5-2)9-6-8(12)14-11(15-9)18-3/h6H,4-5,7H2,1-3H3,(H,13,17). The first-order chi connectivity index (χ1) is 8.60. The number of hydrogen-bond acceptors (Lipinski definition) is 5. The summed E-state index contributed by atoms with van der Waals surface area (Å²) < 4.78 is 0. The van der Waals surface area contributed by atoms with E-state index in [4.69, 9.17) is 11.6 Å². The molecule has 1 rings (SSSR count). The summed E-state index contributed by atoms with van der Waals surface area (Å²) in [5.74, 6) is 0.646. The van der Waals surface area contributed by atoms with Crippen molar-refractivity contribution in [1.82, 2.24) is 15.3 Å². The zero-order valence-corrected chi connectivity index (χ0v) is 12.3. The van der Waals surface area contributed by atoms with Crippen LogP contribution < -0.4 is 10.2 Å². The molecule has 18 heavy (non-hydrogen) atoms. The second kappa shape index (κ2) is 7.43. The van der Waals surface area contributed by atoms with Crippen molar-refractivity contribution < 1.29 is 4.79 Å². The molecule has 0 bridgehead atoms. The van der Waals surface area contributed by atoms with Gasteiger partial charge in [-0.3, -0.25) is 4.79 Å². The molecular formula is C11H17ClN4OS. The fourth-order valence-electron chi connectivity index (χ4n) is 1.42. The summed E-state index contributed by atoms with van der Waals surface area (Å²) in [7, 11) is 0. The Morgan fingerprint density at radius 2 is 2.22 bits per heavy atom. The zero-order chi connectivity index (χ0) is 13.5. The van der Waals surface area contributed by atoms with Gasteiger partial charge < -0.3 is 10.2 Å². The van der Waals surface area contributed by atoms with E-state index in [2.05, 4.69) is 15.3 Å². The van der Waals surface area contributed by atoms with E-state index in [0.29, 0.717) is 29.2 Å². The van der Waals surface area contributed by atoms with E-state index < -0.39 is 0 Å². The average molecular weight is 289 g/mol. The van der Waals surface area contributed by atoms with Gasteiger partial charge in [-0.25, -0.2) is 9.97 Å². The van der Waals surface area contributed by atoms with E-state index in [9.17, 15) is 4.79 Å². The molecule has 1 N–H and O–H groups in total. The number of aromatic nitrogens is 2. The molecule has 0 atom stereocenters. The first kappa shape index (κ1) is 15.0. The van der Waals surface area contributed by atoms with Crippen LogP contribution in [0.1, 0.15) is 13.8 Å². The maximum absolute atomic E-state index is 11.6. The molecule has 5 nitrogen and oxygen atoms in total. The summed E-state index contributed by atoms with van der Waals surface area (Å²) >= 11 is 7.36. The van der Waals surface area contributed by atoms with E-state index in [-0.39, 0.29) is 12.5 Å². The van der Waals surface area contributed by atoms with Crippen molar-refractivity contribution in [2.75, 3.05) is 30.8 Å². The Morgan fingerprint density at radius 3 is 2.78 bits per heavy atom. The fraction of sp³-hybridized carbons (Fsp3) is 0.545. The third-order valence-electron chi connectivity index (χ3n) is 2.26. The number of amides is 1. The second-order valence-corrected chi connectivity index (χ2v) is 4.66. The van der Waals surface area contributed by atoms with Gasteiger partial charge in [0.25, 0.3) is 0 Å². The molecule has 7 heteroatoms. The van der Waals surface area contributed by atoms with Gasteiger partial charge in [-0.05, 0) is 20.1 Å². The lowest BCUT2D eigenvalue weighted by molar-refractivity contribution is -0.119. The SMILES string of the molecule is CCNC(=O)CN(CC)c1cc(Cl)nc(SC)n1. The van der Waals surface area contributed by atoms with Gasteiger partial charge in [0.05, 0.1) is 6.54 Å². The van der Waals surface area contributed by atoms with Crippen LogP contribution in [0.15, 0.2) is 11.2 Å². The minimum absolute atomic E-state index is 0.0280. The van der Waals surface area contributed by atoms with Gasteiger partial charge in [0.15, 0.2) is 5.16 Å². The van der Waals surface area contributed by atoms with Gasteiger partial charge in [-0.2, -0.15) is 0 Å². The lowest BCUT2D eigenvalue weighted by atomic mass is 10.4. The molecule has 100 valence electrons. The smallest absolute Gasteiger partial charge is 0.239 e. The molecule has 0 aromatic carbocycles.